The number of hydrogen-bond donors (Lipinski definition) is 1. The fourth-order valence-electron chi connectivity index (χ4n) is 2.89. The highest BCUT2D eigenvalue weighted by molar-refractivity contribution is 8.00. The lowest BCUT2D eigenvalue weighted by Crippen LogP contribution is -2.30. The van der Waals surface area contributed by atoms with Crippen LogP contribution in [0.5, 0.6) is 11.5 Å². The normalized spacial score (nSPS) is 13.4. The number of benzene rings is 2. The summed E-state index contributed by atoms with van der Waals surface area (Å²) in [5, 5.41) is 11.7. The molecule has 1 atom stereocenters. The first-order valence-electron chi connectivity index (χ1n) is 8.92. The Kier molecular flexibility index (Phi) is 5.21. The Morgan fingerprint density at radius 1 is 1.18 bits per heavy atom. The van der Waals surface area contributed by atoms with Crippen LogP contribution in [0, 0.1) is 6.92 Å². The molecule has 1 amide bonds. The van der Waals surface area contributed by atoms with Gasteiger partial charge in [0, 0.05) is 12.2 Å². The van der Waals surface area contributed by atoms with Crippen LogP contribution in [0.4, 0.5) is 0 Å². The second-order valence-corrected chi connectivity index (χ2v) is 7.67. The van der Waals surface area contributed by atoms with E-state index in [2.05, 4.69) is 15.5 Å². The van der Waals surface area contributed by atoms with Crippen LogP contribution in [-0.4, -0.2) is 32.7 Å². The maximum absolute atomic E-state index is 12.6. The number of nitrogens with zero attached hydrogens (tertiary/aromatic N) is 3. The molecule has 3 aromatic rings. The number of para-hydroxylation sites is 1. The second kappa shape index (κ2) is 7.93. The quantitative estimate of drug-likeness (QED) is 0.645. The van der Waals surface area contributed by atoms with Crippen molar-refractivity contribution in [3.05, 3.63) is 59.9 Å². The fourth-order valence-corrected chi connectivity index (χ4v) is 3.83. The van der Waals surface area contributed by atoms with E-state index in [0.29, 0.717) is 17.5 Å². The van der Waals surface area contributed by atoms with Crippen molar-refractivity contribution in [1.82, 2.24) is 20.1 Å². The number of thioether (sulfide) groups is 1. The highest BCUT2D eigenvalue weighted by atomic mass is 32.2. The molecule has 8 heteroatoms. The van der Waals surface area contributed by atoms with Gasteiger partial charge in [0.05, 0.1) is 5.25 Å². The number of fused-ring (bicyclic) bond motifs is 1. The van der Waals surface area contributed by atoms with Gasteiger partial charge in [-0.3, -0.25) is 9.36 Å². The zero-order valence-corrected chi connectivity index (χ0v) is 16.4. The van der Waals surface area contributed by atoms with E-state index in [-0.39, 0.29) is 18.0 Å². The monoisotopic (exact) mass is 396 g/mol. The Labute approximate surface area is 167 Å². The summed E-state index contributed by atoms with van der Waals surface area (Å²) < 4.78 is 12.6. The maximum Gasteiger partial charge on any atom is 0.233 e. The van der Waals surface area contributed by atoms with E-state index < -0.39 is 0 Å². The van der Waals surface area contributed by atoms with E-state index in [1.54, 1.807) is 0 Å². The molecule has 1 aliphatic heterocycles. The van der Waals surface area contributed by atoms with Crippen molar-refractivity contribution in [2.24, 2.45) is 0 Å². The molecule has 7 nitrogen and oxygen atoms in total. The topological polar surface area (TPSA) is 78.3 Å². The zero-order chi connectivity index (χ0) is 19.5. The van der Waals surface area contributed by atoms with Gasteiger partial charge in [0.25, 0.3) is 0 Å². The first kappa shape index (κ1) is 18.4. The number of carbonyl (C=O) groups excluding carboxylic acids is 1. The third-order valence-corrected chi connectivity index (χ3v) is 5.41. The minimum Gasteiger partial charge on any atom is -0.454 e. The lowest BCUT2D eigenvalue weighted by Gasteiger charge is -2.13. The SMILES string of the molecule is Cc1nnc(SC(C)C(=O)NCc2ccc3c(c2)OCO3)n1-c1ccccc1. The molecule has 28 heavy (non-hydrogen) atoms. The number of aromatic nitrogens is 3. The molecular weight excluding hydrogens is 376 g/mol. The van der Waals surface area contributed by atoms with Crippen LogP contribution in [0.15, 0.2) is 53.7 Å². The highest BCUT2D eigenvalue weighted by Crippen LogP contribution is 2.32. The average molecular weight is 396 g/mol. The molecule has 1 aromatic heterocycles. The number of carbonyl (C=O) groups is 1. The zero-order valence-electron chi connectivity index (χ0n) is 15.6. The van der Waals surface area contributed by atoms with Crippen LogP contribution in [0.1, 0.15) is 18.3 Å². The number of hydrogen-bond acceptors (Lipinski definition) is 6. The molecule has 144 valence electrons. The summed E-state index contributed by atoms with van der Waals surface area (Å²) in [7, 11) is 0. The molecule has 1 aliphatic rings. The minimum absolute atomic E-state index is 0.0667. The van der Waals surface area contributed by atoms with E-state index in [0.717, 1.165) is 22.8 Å². The number of nitrogens with one attached hydrogen (secondary N) is 1. The molecular formula is C20H20N4O3S. The van der Waals surface area contributed by atoms with E-state index in [1.807, 2.05) is 66.9 Å². The molecule has 0 saturated carbocycles. The van der Waals surface area contributed by atoms with E-state index in [4.69, 9.17) is 9.47 Å². The van der Waals surface area contributed by atoms with Gasteiger partial charge in [-0.1, -0.05) is 36.0 Å². The Morgan fingerprint density at radius 3 is 2.79 bits per heavy atom. The first-order valence-corrected chi connectivity index (χ1v) is 9.80. The number of amides is 1. The predicted molar refractivity (Wildman–Crippen MR) is 106 cm³/mol. The molecule has 1 unspecified atom stereocenters. The third-order valence-electron chi connectivity index (χ3n) is 4.36. The van der Waals surface area contributed by atoms with Crippen LogP contribution in [0.2, 0.25) is 0 Å². The molecule has 0 bridgehead atoms. The van der Waals surface area contributed by atoms with Crippen molar-refractivity contribution in [1.29, 1.82) is 0 Å². The molecule has 2 aromatic carbocycles. The van der Waals surface area contributed by atoms with Crippen molar-refractivity contribution in [2.45, 2.75) is 30.8 Å². The van der Waals surface area contributed by atoms with Crippen LogP contribution >= 0.6 is 11.8 Å². The fraction of sp³-hybridized carbons (Fsp3) is 0.250. The van der Waals surface area contributed by atoms with Gasteiger partial charge >= 0.3 is 0 Å². The van der Waals surface area contributed by atoms with Crippen LogP contribution in [0.25, 0.3) is 5.69 Å². The second-order valence-electron chi connectivity index (χ2n) is 6.37. The lowest BCUT2D eigenvalue weighted by molar-refractivity contribution is -0.120. The molecule has 2 heterocycles. The Balaban J connectivity index is 1.40. The van der Waals surface area contributed by atoms with Crippen LogP contribution in [-0.2, 0) is 11.3 Å². The first-order chi connectivity index (χ1) is 13.6. The van der Waals surface area contributed by atoms with Crippen molar-refractivity contribution in [3.63, 3.8) is 0 Å². The van der Waals surface area contributed by atoms with Crippen molar-refractivity contribution in [3.8, 4) is 17.2 Å². The van der Waals surface area contributed by atoms with Crippen molar-refractivity contribution < 1.29 is 14.3 Å². The summed E-state index contributed by atoms with van der Waals surface area (Å²) in [6.07, 6.45) is 0. The smallest absolute Gasteiger partial charge is 0.233 e. The van der Waals surface area contributed by atoms with Gasteiger partial charge < -0.3 is 14.8 Å². The molecule has 0 spiro atoms. The van der Waals surface area contributed by atoms with Crippen molar-refractivity contribution >= 4 is 17.7 Å². The van der Waals surface area contributed by atoms with E-state index >= 15 is 0 Å². The van der Waals surface area contributed by atoms with E-state index in [9.17, 15) is 4.79 Å². The minimum atomic E-state index is -0.319. The summed E-state index contributed by atoms with van der Waals surface area (Å²) >= 11 is 1.38. The van der Waals surface area contributed by atoms with Gasteiger partial charge in [-0.2, -0.15) is 0 Å². The van der Waals surface area contributed by atoms with Crippen LogP contribution in [0.3, 0.4) is 0 Å². The molecule has 0 radical (unpaired) electrons. The number of rotatable bonds is 6. The van der Waals surface area contributed by atoms with Gasteiger partial charge in [-0.05, 0) is 43.7 Å². The molecule has 0 aliphatic carbocycles. The summed E-state index contributed by atoms with van der Waals surface area (Å²) in [6.45, 7) is 4.42. The molecule has 1 N–H and O–H groups in total. The largest absolute Gasteiger partial charge is 0.454 e. The summed E-state index contributed by atoms with van der Waals surface area (Å²) in [6, 6.07) is 15.5. The predicted octanol–water partition coefficient (Wildman–Crippen LogP) is 3.10. The standard InChI is InChI=1S/C20H20N4O3S/c1-13(19(25)21-11-15-8-9-17-18(10-15)27-12-26-17)28-20-23-22-14(2)24(20)16-6-4-3-5-7-16/h3-10,13H,11-12H2,1-2H3,(H,21,25). The Bertz CT molecular complexity index is 990. The molecule has 0 fully saturated rings. The van der Waals surface area contributed by atoms with Gasteiger partial charge in [0.2, 0.25) is 12.7 Å². The lowest BCUT2D eigenvalue weighted by atomic mass is 10.2. The van der Waals surface area contributed by atoms with Gasteiger partial charge in [0.1, 0.15) is 5.82 Å². The summed E-state index contributed by atoms with van der Waals surface area (Å²) in [5.74, 6) is 2.15. The Morgan fingerprint density at radius 2 is 1.96 bits per heavy atom. The van der Waals surface area contributed by atoms with Gasteiger partial charge in [-0.15, -0.1) is 10.2 Å². The third kappa shape index (κ3) is 3.82. The molecule has 0 saturated heterocycles. The van der Waals surface area contributed by atoms with Gasteiger partial charge in [0.15, 0.2) is 16.7 Å². The van der Waals surface area contributed by atoms with E-state index in [1.165, 1.54) is 11.8 Å². The molecule has 4 rings (SSSR count). The van der Waals surface area contributed by atoms with Crippen LogP contribution < -0.4 is 14.8 Å². The maximum atomic E-state index is 12.6. The highest BCUT2D eigenvalue weighted by Gasteiger charge is 2.20. The summed E-state index contributed by atoms with van der Waals surface area (Å²) in [4.78, 5) is 12.6. The van der Waals surface area contributed by atoms with Gasteiger partial charge in [-0.25, -0.2) is 0 Å². The average Bonchev–Trinajstić information content (AvgIpc) is 3.32. The van der Waals surface area contributed by atoms with Crippen molar-refractivity contribution in [2.75, 3.05) is 6.79 Å². The Hall–Kier alpha value is -3.00. The number of ether oxygens (including phenoxy) is 2. The number of aryl methyl sites for hydroxylation is 1. The summed E-state index contributed by atoms with van der Waals surface area (Å²) in [5.41, 5.74) is 1.93.